The smallest absolute Gasteiger partial charge is 0.223 e. The Labute approximate surface area is 122 Å². The van der Waals surface area contributed by atoms with E-state index in [1.54, 1.807) is 0 Å². The van der Waals surface area contributed by atoms with Crippen molar-refractivity contribution < 1.29 is 9.90 Å². The van der Waals surface area contributed by atoms with Gasteiger partial charge in [-0.05, 0) is 18.6 Å². The van der Waals surface area contributed by atoms with Gasteiger partial charge in [-0.3, -0.25) is 9.20 Å². The molecule has 1 N–H and O–H groups in total. The van der Waals surface area contributed by atoms with E-state index in [4.69, 9.17) is 0 Å². The Hall–Kier alpha value is -2.08. The van der Waals surface area contributed by atoms with E-state index in [9.17, 15) is 9.90 Å². The SMILES string of the molecule is O=C1CCC2CN(c3nc4ccccn4c3CO)CCN12. The van der Waals surface area contributed by atoms with Crippen LogP contribution in [0.1, 0.15) is 18.5 Å². The number of carbonyl (C=O) groups is 1. The number of aromatic nitrogens is 2. The lowest BCUT2D eigenvalue weighted by molar-refractivity contribution is -0.129. The van der Waals surface area contributed by atoms with Gasteiger partial charge in [0.15, 0.2) is 5.82 Å². The summed E-state index contributed by atoms with van der Waals surface area (Å²) >= 11 is 0. The molecule has 2 aromatic heterocycles. The average molecular weight is 286 g/mol. The molecular weight excluding hydrogens is 268 g/mol. The highest BCUT2D eigenvalue weighted by molar-refractivity contribution is 5.79. The lowest BCUT2D eigenvalue weighted by atomic mass is 10.1. The van der Waals surface area contributed by atoms with Gasteiger partial charge in [0.2, 0.25) is 5.91 Å². The number of imidazole rings is 1. The first kappa shape index (κ1) is 12.6. The number of amides is 1. The zero-order chi connectivity index (χ0) is 14.4. The monoisotopic (exact) mass is 286 g/mol. The van der Waals surface area contributed by atoms with E-state index in [0.717, 1.165) is 43.2 Å². The van der Waals surface area contributed by atoms with Gasteiger partial charge in [-0.15, -0.1) is 0 Å². The van der Waals surface area contributed by atoms with Crippen LogP contribution >= 0.6 is 0 Å². The number of hydrogen-bond donors (Lipinski definition) is 1. The first-order chi connectivity index (χ1) is 10.3. The lowest BCUT2D eigenvalue weighted by Gasteiger charge is -2.38. The van der Waals surface area contributed by atoms with Crippen molar-refractivity contribution in [3.05, 3.63) is 30.1 Å². The molecule has 4 heterocycles. The Bertz CT molecular complexity index is 696. The minimum absolute atomic E-state index is 0.0374. The van der Waals surface area contributed by atoms with Crippen molar-refractivity contribution >= 4 is 17.4 Å². The zero-order valence-electron chi connectivity index (χ0n) is 11.8. The summed E-state index contributed by atoms with van der Waals surface area (Å²) in [6, 6.07) is 6.12. The molecule has 0 bridgehead atoms. The van der Waals surface area contributed by atoms with Gasteiger partial charge >= 0.3 is 0 Å². The topological polar surface area (TPSA) is 61.1 Å². The normalized spacial score (nSPS) is 22.1. The molecule has 0 spiro atoms. The molecule has 6 nitrogen and oxygen atoms in total. The van der Waals surface area contributed by atoms with Gasteiger partial charge in [0.05, 0.1) is 12.3 Å². The molecule has 21 heavy (non-hydrogen) atoms. The van der Waals surface area contributed by atoms with Crippen molar-refractivity contribution in [1.29, 1.82) is 0 Å². The zero-order valence-corrected chi connectivity index (χ0v) is 11.8. The van der Waals surface area contributed by atoms with Crippen LogP contribution in [0.4, 0.5) is 5.82 Å². The highest BCUT2D eigenvalue weighted by Gasteiger charge is 2.36. The summed E-state index contributed by atoms with van der Waals surface area (Å²) < 4.78 is 1.93. The van der Waals surface area contributed by atoms with Gasteiger partial charge in [-0.1, -0.05) is 6.07 Å². The van der Waals surface area contributed by atoms with Gasteiger partial charge in [0, 0.05) is 38.3 Å². The fourth-order valence-corrected chi connectivity index (χ4v) is 3.49. The number of pyridine rings is 1. The van der Waals surface area contributed by atoms with Crippen LogP contribution in [0.25, 0.3) is 5.65 Å². The summed E-state index contributed by atoms with van der Waals surface area (Å²) in [5, 5.41) is 9.71. The van der Waals surface area contributed by atoms with Crippen LogP contribution < -0.4 is 4.90 Å². The molecule has 6 heteroatoms. The molecule has 0 radical (unpaired) electrons. The molecule has 0 saturated carbocycles. The summed E-state index contributed by atoms with van der Waals surface area (Å²) in [5.74, 6) is 1.12. The standard InChI is InChI=1S/C15H18N4O2/c20-10-12-15(16-13-3-1-2-6-19(12)13)17-7-8-18-11(9-17)4-5-14(18)21/h1-3,6,11,20H,4-5,7-10H2. The molecule has 0 aliphatic carbocycles. The molecule has 1 unspecified atom stereocenters. The van der Waals surface area contributed by atoms with Crippen LogP contribution in [0.2, 0.25) is 0 Å². The summed E-state index contributed by atoms with van der Waals surface area (Å²) in [5.41, 5.74) is 1.67. The Morgan fingerprint density at radius 3 is 3.10 bits per heavy atom. The third-order valence-corrected chi connectivity index (χ3v) is 4.55. The Kier molecular flexibility index (Phi) is 2.85. The average Bonchev–Trinajstić information content (AvgIpc) is 3.07. The predicted molar refractivity (Wildman–Crippen MR) is 78.1 cm³/mol. The number of piperazine rings is 1. The quantitative estimate of drug-likeness (QED) is 0.880. The second-order valence-electron chi connectivity index (χ2n) is 5.69. The first-order valence-corrected chi connectivity index (χ1v) is 7.39. The number of fused-ring (bicyclic) bond motifs is 2. The maximum Gasteiger partial charge on any atom is 0.223 e. The Morgan fingerprint density at radius 2 is 2.24 bits per heavy atom. The molecule has 2 aliphatic heterocycles. The lowest BCUT2D eigenvalue weighted by Crippen LogP contribution is -2.51. The van der Waals surface area contributed by atoms with Gasteiger partial charge in [-0.25, -0.2) is 4.98 Å². The van der Waals surface area contributed by atoms with Crippen LogP contribution in [0.15, 0.2) is 24.4 Å². The van der Waals surface area contributed by atoms with E-state index in [0.29, 0.717) is 12.5 Å². The van der Waals surface area contributed by atoms with Gasteiger partial charge in [-0.2, -0.15) is 0 Å². The summed E-state index contributed by atoms with van der Waals surface area (Å²) in [7, 11) is 0. The summed E-state index contributed by atoms with van der Waals surface area (Å²) in [4.78, 5) is 20.6. The van der Waals surface area contributed by atoms with Crippen molar-refractivity contribution in [2.24, 2.45) is 0 Å². The summed E-state index contributed by atoms with van der Waals surface area (Å²) in [6.45, 7) is 2.30. The molecule has 2 aromatic rings. The fraction of sp³-hybridized carbons (Fsp3) is 0.467. The van der Waals surface area contributed by atoms with Gasteiger partial charge in [0.1, 0.15) is 5.65 Å². The third-order valence-electron chi connectivity index (χ3n) is 4.55. The molecule has 2 saturated heterocycles. The largest absolute Gasteiger partial charge is 0.390 e. The van der Waals surface area contributed by atoms with E-state index in [-0.39, 0.29) is 12.5 Å². The molecule has 0 aromatic carbocycles. The Balaban J connectivity index is 1.69. The molecule has 1 amide bonds. The van der Waals surface area contributed by atoms with Crippen molar-refractivity contribution in [2.75, 3.05) is 24.5 Å². The van der Waals surface area contributed by atoms with Crippen molar-refractivity contribution in [2.45, 2.75) is 25.5 Å². The maximum absolute atomic E-state index is 11.8. The molecule has 2 aliphatic rings. The van der Waals surface area contributed by atoms with Gasteiger partial charge < -0.3 is 14.9 Å². The number of carbonyl (C=O) groups excluding carboxylic acids is 1. The molecule has 2 fully saturated rings. The van der Waals surface area contributed by atoms with Gasteiger partial charge in [0.25, 0.3) is 0 Å². The van der Waals surface area contributed by atoms with Crippen molar-refractivity contribution in [1.82, 2.24) is 14.3 Å². The van der Waals surface area contributed by atoms with E-state index < -0.39 is 0 Å². The minimum Gasteiger partial charge on any atom is -0.390 e. The molecule has 110 valence electrons. The van der Waals surface area contributed by atoms with Crippen molar-refractivity contribution in [3.8, 4) is 0 Å². The number of hydrogen-bond acceptors (Lipinski definition) is 4. The number of anilines is 1. The maximum atomic E-state index is 11.8. The highest BCUT2D eigenvalue weighted by Crippen LogP contribution is 2.28. The van der Waals surface area contributed by atoms with Crippen LogP contribution in [0, 0.1) is 0 Å². The molecule has 4 rings (SSSR count). The van der Waals surface area contributed by atoms with Crippen LogP contribution in [0.3, 0.4) is 0 Å². The number of rotatable bonds is 2. The number of nitrogens with zero attached hydrogens (tertiary/aromatic N) is 4. The van der Waals surface area contributed by atoms with E-state index in [1.165, 1.54) is 0 Å². The fourth-order valence-electron chi connectivity index (χ4n) is 3.49. The van der Waals surface area contributed by atoms with Crippen molar-refractivity contribution in [3.63, 3.8) is 0 Å². The predicted octanol–water partition coefficient (Wildman–Crippen LogP) is 0.638. The second-order valence-corrected chi connectivity index (χ2v) is 5.69. The Morgan fingerprint density at radius 1 is 1.33 bits per heavy atom. The van der Waals surface area contributed by atoms with E-state index in [2.05, 4.69) is 9.88 Å². The highest BCUT2D eigenvalue weighted by atomic mass is 16.3. The third kappa shape index (κ3) is 1.90. The second kappa shape index (κ2) is 4.73. The van der Waals surface area contributed by atoms with E-state index in [1.807, 2.05) is 33.7 Å². The van der Waals surface area contributed by atoms with Crippen LogP contribution in [0.5, 0.6) is 0 Å². The number of aliphatic hydroxyl groups is 1. The van der Waals surface area contributed by atoms with Crippen LogP contribution in [-0.4, -0.2) is 51.0 Å². The van der Waals surface area contributed by atoms with E-state index >= 15 is 0 Å². The van der Waals surface area contributed by atoms with Crippen LogP contribution in [-0.2, 0) is 11.4 Å². The molecule has 1 atom stereocenters. The summed E-state index contributed by atoms with van der Waals surface area (Å²) in [6.07, 6.45) is 3.51. The first-order valence-electron chi connectivity index (χ1n) is 7.39. The minimum atomic E-state index is -0.0374. The molecular formula is C15H18N4O2. The number of aliphatic hydroxyl groups excluding tert-OH is 1.